The summed E-state index contributed by atoms with van der Waals surface area (Å²) in [6, 6.07) is 10.7. The van der Waals surface area contributed by atoms with E-state index >= 15 is 0 Å². The van der Waals surface area contributed by atoms with E-state index in [4.69, 9.17) is 4.74 Å². The van der Waals surface area contributed by atoms with Crippen LogP contribution in [0.2, 0.25) is 0 Å². The van der Waals surface area contributed by atoms with Crippen LogP contribution >= 0.6 is 11.3 Å². The third-order valence-electron chi connectivity index (χ3n) is 5.61. The number of anilines is 2. The van der Waals surface area contributed by atoms with Crippen LogP contribution < -0.4 is 15.4 Å². The lowest BCUT2D eigenvalue weighted by atomic mass is 9.97. The number of hydrogen-bond acceptors (Lipinski definition) is 7. The van der Waals surface area contributed by atoms with Gasteiger partial charge in [-0.25, -0.2) is 9.97 Å². The van der Waals surface area contributed by atoms with E-state index in [-0.39, 0.29) is 0 Å². The molecule has 1 aliphatic rings. The number of aryl methyl sites for hydroxylation is 2. The molecule has 0 radical (unpaired) electrons. The number of nitrogens with one attached hydrogen (secondary N) is 2. The highest BCUT2D eigenvalue weighted by molar-refractivity contribution is 7.19. The molecule has 3 aromatic heterocycles. The van der Waals surface area contributed by atoms with Crippen molar-refractivity contribution in [2.45, 2.75) is 46.2 Å². The first-order valence-electron chi connectivity index (χ1n) is 10.5. The van der Waals surface area contributed by atoms with Crippen LogP contribution in [0.3, 0.4) is 0 Å². The first kappa shape index (κ1) is 19.9. The minimum atomic E-state index is 0.334. The summed E-state index contributed by atoms with van der Waals surface area (Å²) >= 11 is 1.76. The Balaban J connectivity index is 1.45. The average molecular weight is 432 g/mol. The molecule has 0 amide bonds. The smallest absolute Gasteiger partial charge is 0.145 e. The van der Waals surface area contributed by atoms with E-state index in [9.17, 15) is 0 Å². The van der Waals surface area contributed by atoms with Crippen LogP contribution in [0.25, 0.3) is 10.2 Å². The number of rotatable bonds is 4. The van der Waals surface area contributed by atoms with Crippen LogP contribution in [-0.2, 0) is 6.42 Å². The molecule has 0 bridgehead atoms. The van der Waals surface area contributed by atoms with E-state index < -0.39 is 0 Å². The van der Waals surface area contributed by atoms with Gasteiger partial charge in [0.15, 0.2) is 0 Å². The molecule has 1 aliphatic heterocycles. The van der Waals surface area contributed by atoms with Crippen molar-refractivity contribution < 1.29 is 4.74 Å². The second-order valence-corrected chi connectivity index (χ2v) is 9.21. The fraction of sp³-hybridized carbons (Fsp3) is 0.292. The number of aromatic nitrogens is 3. The van der Waals surface area contributed by atoms with Gasteiger partial charge < -0.3 is 15.4 Å². The summed E-state index contributed by atoms with van der Waals surface area (Å²) in [4.78, 5) is 15.8. The summed E-state index contributed by atoms with van der Waals surface area (Å²) in [5.41, 5.74) is 4.34. The van der Waals surface area contributed by atoms with Crippen LogP contribution in [0.1, 0.15) is 41.6 Å². The Kier molecular flexibility index (Phi) is 5.08. The number of benzene rings is 1. The summed E-state index contributed by atoms with van der Waals surface area (Å²) in [5, 5.41) is 8.29. The maximum Gasteiger partial charge on any atom is 0.145 e. The molecule has 2 N–H and O–H groups in total. The van der Waals surface area contributed by atoms with Crippen molar-refractivity contribution in [3.8, 4) is 11.5 Å². The number of fused-ring (bicyclic) bond motifs is 3. The summed E-state index contributed by atoms with van der Waals surface area (Å²) in [7, 11) is 0. The molecule has 4 heterocycles. The number of thiophene rings is 1. The van der Waals surface area contributed by atoms with Crippen LogP contribution in [0.4, 0.5) is 11.5 Å². The molecule has 31 heavy (non-hydrogen) atoms. The third-order valence-corrected chi connectivity index (χ3v) is 6.93. The van der Waals surface area contributed by atoms with E-state index in [1.807, 2.05) is 38.1 Å². The van der Waals surface area contributed by atoms with E-state index in [0.29, 0.717) is 12.1 Å². The predicted molar refractivity (Wildman–Crippen MR) is 126 cm³/mol. The Bertz CT molecular complexity index is 1250. The minimum absolute atomic E-state index is 0.334. The Labute approximate surface area is 185 Å². The Morgan fingerprint density at radius 3 is 2.74 bits per heavy atom. The van der Waals surface area contributed by atoms with Gasteiger partial charge in [0.25, 0.3) is 0 Å². The SMILES string of the molecule is Cc1ccc(Oc2ccc(Nc3ncnc4sc5c(c34)C[C@@H](C)N[C@H]5C)cc2C)cn1. The fourth-order valence-electron chi connectivity index (χ4n) is 4.14. The van der Waals surface area contributed by atoms with E-state index in [1.165, 1.54) is 10.4 Å². The van der Waals surface area contributed by atoms with Gasteiger partial charge in [0, 0.05) is 28.3 Å². The average Bonchev–Trinajstić information content (AvgIpc) is 3.12. The number of pyridine rings is 1. The predicted octanol–water partition coefficient (Wildman–Crippen LogP) is 5.83. The number of ether oxygens (including phenoxy) is 1. The lowest BCUT2D eigenvalue weighted by Crippen LogP contribution is -2.35. The van der Waals surface area contributed by atoms with Gasteiger partial charge in [-0.15, -0.1) is 11.3 Å². The molecule has 0 saturated carbocycles. The van der Waals surface area contributed by atoms with Crippen LogP contribution in [-0.4, -0.2) is 21.0 Å². The van der Waals surface area contributed by atoms with Gasteiger partial charge in [-0.2, -0.15) is 0 Å². The number of nitrogens with zero attached hydrogens (tertiary/aromatic N) is 3. The third kappa shape index (κ3) is 3.86. The molecule has 2 atom stereocenters. The lowest BCUT2D eigenvalue weighted by Gasteiger charge is -2.26. The minimum Gasteiger partial charge on any atom is -0.455 e. The van der Waals surface area contributed by atoms with Crippen LogP contribution in [0, 0.1) is 13.8 Å². The largest absolute Gasteiger partial charge is 0.455 e. The first-order chi connectivity index (χ1) is 15.0. The summed E-state index contributed by atoms with van der Waals surface area (Å²) in [6.07, 6.45) is 4.37. The van der Waals surface area contributed by atoms with Crippen molar-refractivity contribution in [3.05, 3.63) is 64.6 Å². The molecule has 6 nitrogen and oxygen atoms in total. The molecule has 7 heteroatoms. The molecule has 0 spiro atoms. The van der Waals surface area contributed by atoms with Gasteiger partial charge >= 0.3 is 0 Å². The topological polar surface area (TPSA) is 72.0 Å². The number of hydrogen-bond donors (Lipinski definition) is 2. The van der Waals surface area contributed by atoms with Crippen molar-refractivity contribution in [2.75, 3.05) is 5.32 Å². The van der Waals surface area contributed by atoms with Gasteiger partial charge in [0.1, 0.15) is 28.5 Å². The van der Waals surface area contributed by atoms with Gasteiger partial charge in [-0.3, -0.25) is 4.98 Å². The van der Waals surface area contributed by atoms with Crippen molar-refractivity contribution in [1.29, 1.82) is 0 Å². The zero-order valence-corrected chi connectivity index (χ0v) is 18.9. The molecule has 0 unspecified atom stereocenters. The van der Waals surface area contributed by atoms with E-state index in [1.54, 1.807) is 23.9 Å². The summed E-state index contributed by atoms with van der Waals surface area (Å²) in [5.74, 6) is 2.40. The van der Waals surface area contributed by atoms with Crippen molar-refractivity contribution in [3.63, 3.8) is 0 Å². The normalized spacial score (nSPS) is 18.1. The lowest BCUT2D eigenvalue weighted by molar-refractivity contribution is 0.454. The van der Waals surface area contributed by atoms with Gasteiger partial charge in [-0.05, 0) is 75.6 Å². The molecule has 1 aromatic carbocycles. The standard InChI is InChI=1S/C24H25N5OS/c1-13-9-17(6-8-20(13)30-18-7-5-14(2)25-11-18)29-23-21-19-10-15(3)28-16(4)22(19)31-24(21)27-12-26-23/h5-9,11-12,15-16,28H,10H2,1-4H3,(H,26,27,29)/t15-,16+/m1/s1. The molecule has 0 saturated heterocycles. The highest BCUT2D eigenvalue weighted by atomic mass is 32.1. The van der Waals surface area contributed by atoms with Gasteiger partial charge in [0.2, 0.25) is 0 Å². The molecule has 5 rings (SSSR count). The summed E-state index contributed by atoms with van der Waals surface area (Å²) in [6.45, 7) is 8.45. The second-order valence-electron chi connectivity index (χ2n) is 8.18. The zero-order chi connectivity index (χ0) is 21.5. The molecular formula is C24H25N5OS. The fourth-order valence-corrected chi connectivity index (χ4v) is 5.33. The Hall–Kier alpha value is -3.03. The van der Waals surface area contributed by atoms with Crippen molar-refractivity contribution in [1.82, 2.24) is 20.3 Å². The maximum absolute atomic E-state index is 6.00. The van der Waals surface area contributed by atoms with E-state index in [0.717, 1.165) is 50.9 Å². The Morgan fingerprint density at radius 1 is 1.10 bits per heavy atom. The second kappa shape index (κ2) is 7.90. The van der Waals surface area contributed by atoms with Crippen LogP contribution in [0.15, 0.2) is 42.9 Å². The quantitative estimate of drug-likeness (QED) is 0.423. The highest BCUT2D eigenvalue weighted by Gasteiger charge is 2.27. The first-order valence-corrected chi connectivity index (χ1v) is 11.3. The molecular weight excluding hydrogens is 406 g/mol. The molecule has 158 valence electrons. The van der Waals surface area contributed by atoms with Crippen molar-refractivity contribution in [2.24, 2.45) is 0 Å². The van der Waals surface area contributed by atoms with Crippen LogP contribution in [0.5, 0.6) is 11.5 Å². The van der Waals surface area contributed by atoms with Gasteiger partial charge in [-0.1, -0.05) is 0 Å². The van der Waals surface area contributed by atoms with Crippen molar-refractivity contribution >= 4 is 33.1 Å². The summed E-state index contributed by atoms with van der Waals surface area (Å²) < 4.78 is 6.00. The molecule has 0 aliphatic carbocycles. The van der Waals surface area contributed by atoms with Gasteiger partial charge in [0.05, 0.1) is 11.6 Å². The van der Waals surface area contributed by atoms with E-state index in [2.05, 4.69) is 45.5 Å². The molecule has 4 aromatic rings. The highest BCUT2D eigenvalue weighted by Crippen LogP contribution is 2.41. The molecule has 0 fully saturated rings. The monoisotopic (exact) mass is 431 g/mol. The Morgan fingerprint density at radius 2 is 1.97 bits per heavy atom. The maximum atomic E-state index is 6.00. The zero-order valence-electron chi connectivity index (χ0n) is 18.1.